The van der Waals surface area contributed by atoms with E-state index in [0.29, 0.717) is 10.7 Å². The highest BCUT2D eigenvalue weighted by Gasteiger charge is 2.12. The molecule has 166 valence electrons. The van der Waals surface area contributed by atoms with Gasteiger partial charge in [-0.25, -0.2) is 4.98 Å². The van der Waals surface area contributed by atoms with E-state index in [1.54, 1.807) is 0 Å². The number of benzene rings is 2. The fourth-order valence-corrected chi connectivity index (χ4v) is 4.46. The first kappa shape index (κ1) is 22.6. The van der Waals surface area contributed by atoms with Crippen LogP contribution in [0.3, 0.4) is 0 Å². The minimum atomic E-state index is 0.676. The SMILES string of the molecule is BrCc1cc(-c2ccccc2)cc(-c2cccc(-c3cc(-c4ccccc4)cc(CBr)n3)n2)n1. The van der Waals surface area contributed by atoms with E-state index in [2.05, 4.69) is 105 Å². The number of alkyl halides is 2. The first-order chi connectivity index (χ1) is 16.7. The second kappa shape index (κ2) is 10.4. The number of aromatic nitrogens is 3. The molecular weight excluding hydrogens is 550 g/mol. The molecule has 0 fully saturated rings. The van der Waals surface area contributed by atoms with Crippen LogP contribution in [0.1, 0.15) is 11.4 Å². The van der Waals surface area contributed by atoms with Crippen LogP contribution in [0, 0.1) is 0 Å². The predicted octanol–water partition coefficient (Wildman–Crippen LogP) is 8.33. The normalized spacial score (nSPS) is 10.9. The average molecular weight is 571 g/mol. The van der Waals surface area contributed by atoms with Crippen molar-refractivity contribution in [1.82, 2.24) is 15.0 Å². The van der Waals surface area contributed by atoms with Crippen LogP contribution in [-0.4, -0.2) is 15.0 Å². The van der Waals surface area contributed by atoms with Gasteiger partial charge in [0.15, 0.2) is 0 Å². The molecule has 3 aromatic heterocycles. The van der Waals surface area contributed by atoms with Crippen LogP contribution < -0.4 is 0 Å². The minimum Gasteiger partial charge on any atom is -0.250 e. The Morgan fingerprint density at radius 3 is 1.26 bits per heavy atom. The summed E-state index contributed by atoms with van der Waals surface area (Å²) in [7, 11) is 0. The highest BCUT2D eigenvalue weighted by Crippen LogP contribution is 2.29. The molecule has 0 aliphatic heterocycles. The van der Waals surface area contributed by atoms with Gasteiger partial charge in [-0.05, 0) is 58.7 Å². The molecule has 5 heteroatoms. The van der Waals surface area contributed by atoms with Crippen LogP contribution in [0.25, 0.3) is 45.0 Å². The molecule has 3 nitrogen and oxygen atoms in total. The predicted molar refractivity (Wildman–Crippen MR) is 147 cm³/mol. The van der Waals surface area contributed by atoms with Gasteiger partial charge in [-0.1, -0.05) is 98.6 Å². The Balaban J connectivity index is 1.59. The molecule has 0 aliphatic rings. The van der Waals surface area contributed by atoms with Crippen LogP contribution in [0.5, 0.6) is 0 Å². The fourth-order valence-electron chi connectivity index (χ4n) is 3.89. The molecule has 0 unspecified atom stereocenters. The van der Waals surface area contributed by atoms with Crippen molar-refractivity contribution >= 4 is 31.9 Å². The zero-order valence-electron chi connectivity index (χ0n) is 18.3. The molecular formula is C29H21Br2N3. The van der Waals surface area contributed by atoms with E-state index in [-0.39, 0.29) is 0 Å². The summed E-state index contributed by atoms with van der Waals surface area (Å²) in [5, 5.41) is 1.35. The van der Waals surface area contributed by atoms with Gasteiger partial charge in [-0.2, -0.15) is 0 Å². The summed E-state index contributed by atoms with van der Waals surface area (Å²) in [6.07, 6.45) is 0. The molecule has 0 N–H and O–H groups in total. The highest BCUT2D eigenvalue weighted by molar-refractivity contribution is 9.08. The van der Waals surface area contributed by atoms with Crippen LogP contribution >= 0.6 is 31.9 Å². The first-order valence-electron chi connectivity index (χ1n) is 11.0. The highest BCUT2D eigenvalue weighted by atomic mass is 79.9. The van der Waals surface area contributed by atoms with Crippen molar-refractivity contribution in [3.63, 3.8) is 0 Å². The van der Waals surface area contributed by atoms with Gasteiger partial charge in [-0.3, -0.25) is 9.97 Å². The summed E-state index contributed by atoms with van der Waals surface area (Å²) >= 11 is 7.14. The molecule has 0 saturated carbocycles. The van der Waals surface area contributed by atoms with E-state index in [0.717, 1.165) is 56.4 Å². The molecule has 0 amide bonds. The van der Waals surface area contributed by atoms with Gasteiger partial charge in [0.25, 0.3) is 0 Å². The molecule has 34 heavy (non-hydrogen) atoms. The second-order valence-electron chi connectivity index (χ2n) is 7.87. The summed E-state index contributed by atoms with van der Waals surface area (Å²) in [4.78, 5) is 14.7. The van der Waals surface area contributed by atoms with Gasteiger partial charge in [0.1, 0.15) is 0 Å². The Kier molecular flexibility index (Phi) is 6.93. The molecule has 2 aromatic carbocycles. The Morgan fingerprint density at radius 2 is 0.853 bits per heavy atom. The summed E-state index contributed by atoms with van der Waals surface area (Å²) in [5.41, 5.74) is 9.83. The largest absolute Gasteiger partial charge is 0.250 e. The van der Waals surface area contributed by atoms with Crippen LogP contribution in [-0.2, 0) is 10.7 Å². The van der Waals surface area contributed by atoms with E-state index in [4.69, 9.17) is 15.0 Å². The van der Waals surface area contributed by atoms with E-state index in [1.165, 1.54) is 0 Å². The molecule has 0 bridgehead atoms. The zero-order chi connectivity index (χ0) is 23.3. The number of pyridine rings is 3. The summed E-state index contributed by atoms with van der Waals surface area (Å²) in [5.74, 6) is 0. The molecule has 0 radical (unpaired) electrons. The maximum atomic E-state index is 4.98. The lowest BCUT2D eigenvalue weighted by atomic mass is 10.0. The lowest BCUT2D eigenvalue weighted by Crippen LogP contribution is -1.97. The van der Waals surface area contributed by atoms with Crippen molar-refractivity contribution < 1.29 is 0 Å². The smallest absolute Gasteiger partial charge is 0.0896 e. The Hall–Kier alpha value is -3.15. The average Bonchev–Trinajstić information content (AvgIpc) is 2.93. The minimum absolute atomic E-state index is 0.676. The van der Waals surface area contributed by atoms with Gasteiger partial charge < -0.3 is 0 Å². The first-order valence-corrected chi connectivity index (χ1v) is 13.2. The van der Waals surface area contributed by atoms with Crippen molar-refractivity contribution in [2.75, 3.05) is 0 Å². The molecule has 5 aromatic rings. The van der Waals surface area contributed by atoms with E-state index >= 15 is 0 Å². The molecule has 5 rings (SSSR count). The van der Waals surface area contributed by atoms with Crippen molar-refractivity contribution in [2.45, 2.75) is 10.7 Å². The van der Waals surface area contributed by atoms with Gasteiger partial charge in [-0.15, -0.1) is 0 Å². The lowest BCUT2D eigenvalue weighted by Gasteiger charge is -2.11. The van der Waals surface area contributed by atoms with Crippen molar-refractivity contribution in [1.29, 1.82) is 0 Å². The van der Waals surface area contributed by atoms with Crippen LogP contribution in [0.15, 0.2) is 103 Å². The maximum Gasteiger partial charge on any atom is 0.0896 e. The summed E-state index contributed by atoms with van der Waals surface area (Å²) in [6.45, 7) is 0. The molecule has 0 saturated heterocycles. The second-order valence-corrected chi connectivity index (χ2v) is 8.99. The van der Waals surface area contributed by atoms with Crippen molar-refractivity contribution in [3.05, 3.63) is 115 Å². The van der Waals surface area contributed by atoms with E-state index < -0.39 is 0 Å². The van der Waals surface area contributed by atoms with Gasteiger partial charge in [0, 0.05) is 10.7 Å². The third-order valence-electron chi connectivity index (χ3n) is 5.52. The van der Waals surface area contributed by atoms with Gasteiger partial charge in [0.05, 0.1) is 34.2 Å². The standard InChI is InChI=1S/C29H21Br2N3/c30-18-24-14-22(20-8-3-1-4-9-20)16-28(32-24)26-12-7-13-27(34-26)29-17-23(15-25(19-31)33-29)21-10-5-2-6-11-21/h1-17H,18-19H2. The third kappa shape index (κ3) is 5.01. The summed E-state index contributed by atoms with van der Waals surface area (Å²) in [6, 6.07) is 35.2. The Bertz CT molecular complexity index is 1310. The van der Waals surface area contributed by atoms with E-state index in [1.807, 2.05) is 30.3 Å². The Morgan fingerprint density at radius 1 is 0.412 bits per heavy atom. The zero-order valence-corrected chi connectivity index (χ0v) is 21.5. The molecule has 0 atom stereocenters. The lowest BCUT2D eigenvalue weighted by molar-refractivity contribution is 1.15. The molecule has 0 spiro atoms. The third-order valence-corrected chi connectivity index (χ3v) is 6.67. The monoisotopic (exact) mass is 569 g/mol. The number of hydrogen-bond acceptors (Lipinski definition) is 3. The quantitative estimate of drug-likeness (QED) is 0.193. The van der Waals surface area contributed by atoms with Crippen molar-refractivity contribution in [2.24, 2.45) is 0 Å². The van der Waals surface area contributed by atoms with Crippen LogP contribution in [0.2, 0.25) is 0 Å². The van der Waals surface area contributed by atoms with Crippen molar-refractivity contribution in [3.8, 4) is 45.0 Å². The molecule has 3 heterocycles. The summed E-state index contributed by atoms with van der Waals surface area (Å²) < 4.78 is 0. The van der Waals surface area contributed by atoms with Gasteiger partial charge >= 0.3 is 0 Å². The maximum absolute atomic E-state index is 4.98. The van der Waals surface area contributed by atoms with Gasteiger partial charge in [0.2, 0.25) is 0 Å². The van der Waals surface area contributed by atoms with E-state index in [9.17, 15) is 0 Å². The Labute approximate surface area is 216 Å². The number of nitrogens with zero attached hydrogens (tertiary/aromatic N) is 3. The number of halogens is 2. The molecule has 0 aliphatic carbocycles. The van der Waals surface area contributed by atoms with Crippen LogP contribution in [0.4, 0.5) is 0 Å². The fraction of sp³-hybridized carbons (Fsp3) is 0.0690. The topological polar surface area (TPSA) is 38.7 Å². The number of hydrogen-bond donors (Lipinski definition) is 0. The number of rotatable bonds is 6.